The van der Waals surface area contributed by atoms with Gasteiger partial charge in [-0.15, -0.1) is 0 Å². The summed E-state index contributed by atoms with van der Waals surface area (Å²) in [5.74, 6) is 2.28. The Morgan fingerprint density at radius 1 is 1.32 bits per heavy atom. The molecular formula is C14H23N3O2. The molecule has 2 fully saturated rings. The van der Waals surface area contributed by atoms with Crippen LogP contribution in [0.3, 0.4) is 0 Å². The van der Waals surface area contributed by atoms with E-state index >= 15 is 0 Å². The summed E-state index contributed by atoms with van der Waals surface area (Å²) in [5, 5.41) is 7.52. The minimum absolute atomic E-state index is 0.309. The summed E-state index contributed by atoms with van der Waals surface area (Å²) in [6.45, 7) is 1.73. The van der Waals surface area contributed by atoms with Crippen molar-refractivity contribution < 1.29 is 9.26 Å². The van der Waals surface area contributed by atoms with Crippen molar-refractivity contribution >= 4 is 0 Å². The molecule has 3 rings (SSSR count). The number of methoxy groups -OCH3 is 1. The summed E-state index contributed by atoms with van der Waals surface area (Å²) in [4.78, 5) is 4.53. The van der Waals surface area contributed by atoms with Gasteiger partial charge in [0.1, 0.15) is 5.60 Å². The molecule has 1 N–H and O–H groups in total. The van der Waals surface area contributed by atoms with E-state index in [9.17, 15) is 0 Å². The zero-order valence-corrected chi connectivity index (χ0v) is 11.7. The lowest BCUT2D eigenvalue weighted by Crippen LogP contribution is -2.32. The number of aromatic nitrogens is 2. The van der Waals surface area contributed by atoms with Crippen LogP contribution in [0.15, 0.2) is 4.52 Å². The summed E-state index contributed by atoms with van der Waals surface area (Å²) in [7, 11) is 1.76. The third kappa shape index (κ3) is 2.98. The highest BCUT2D eigenvalue weighted by Gasteiger charge is 2.38. The average Bonchev–Trinajstić information content (AvgIpc) is 3.15. The smallest absolute Gasteiger partial charge is 0.240 e. The highest BCUT2D eigenvalue weighted by atomic mass is 16.5. The van der Waals surface area contributed by atoms with E-state index < -0.39 is 0 Å². The van der Waals surface area contributed by atoms with E-state index in [1.807, 2.05) is 0 Å². The standard InChI is InChI=1S/C14H23N3O2/c1-18-14(7-3-2-4-8-14)13-16-12(19-17-13)10-15-9-11-5-6-11/h11,15H,2-10H2,1H3. The molecule has 0 atom stereocenters. The molecule has 0 saturated heterocycles. The summed E-state index contributed by atoms with van der Waals surface area (Å²) in [5.41, 5.74) is -0.309. The second-order valence-electron chi connectivity index (χ2n) is 5.85. The van der Waals surface area contributed by atoms with Crippen molar-refractivity contribution in [2.24, 2.45) is 5.92 Å². The van der Waals surface area contributed by atoms with Gasteiger partial charge in [0.25, 0.3) is 0 Å². The molecular weight excluding hydrogens is 242 g/mol. The Labute approximate surface area is 114 Å². The van der Waals surface area contributed by atoms with Crippen molar-refractivity contribution in [3.63, 3.8) is 0 Å². The number of nitrogens with one attached hydrogen (secondary N) is 1. The van der Waals surface area contributed by atoms with Crippen LogP contribution in [0.2, 0.25) is 0 Å². The molecule has 1 heterocycles. The number of hydrogen-bond acceptors (Lipinski definition) is 5. The van der Waals surface area contributed by atoms with E-state index in [0.29, 0.717) is 12.4 Å². The van der Waals surface area contributed by atoms with Crippen LogP contribution in [-0.4, -0.2) is 23.8 Å². The molecule has 106 valence electrons. The van der Waals surface area contributed by atoms with Gasteiger partial charge in [-0.05, 0) is 38.1 Å². The first-order chi connectivity index (χ1) is 9.32. The van der Waals surface area contributed by atoms with Crippen molar-refractivity contribution in [3.8, 4) is 0 Å². The van der Waals surface area contributed by atoms with Gasteiger partial charge < -0.3 is 14.6 Å². The topological polar surface area (TPSA) is 60.2 Å². The van der Waals surface area contributed by atoms with E-state index in [4.69, 9.17) is 9.26 Å². The summed E-state index contributed by atoms with van der Waals surface area (Å²) in [6.07, 6.45) is 8.34. The van der Waals surface area contributed by atoms with Crippen LogP contribution < -0.4 is 5.32 Å². The van der Waals surface area contributed by atoms with Crippen LogP contribution in [0.1, 0.15) is 56.7 Å². The zero-order valence-electron chi connectivity index (χ0n) is 11.7. The number of rotatable bonds is 6. The number of hydrogen-bond donors (Lipinski definition) is 1. The van der Waals surface area contributed by atoms with Crippen LogP contribution in [0.4, 0.5) is 0 Å². The molecule has 5 nitrogen and oxygen atoms in total. The fraction of sp³-hybridized carbons (Fsp3) is 0.857. The molecule has 2 aliphatic rings. The number of nitrogens with zero attached hydrogens (tertiary/aromatic N) is 2. The van der Waals surface area contributed by atoms with E-state index in [1.54, 1.807) is 7.11 Å². The van der Waals surface area contributed by atoms with Crippen LogP contribution in [0.25, 0.3) is 0 Å². The SMILES string of the molecule is COC1(c2noc(CNCC3CC3)n2)CCCCC1. The first-order valence-corrected chi connectivity index (χ1v) is 7.41. The lowest BCUT2D eigenvalue weighted by molar-refractivity contribution is -0.0527. The van der Waals surface area contributed by atoms with Crippen LogP contribution in [0.5, 0.6) is 0 Å². The summed E-state index contributed by atoms with van der Waals surface area (Å²) < 4.78 is 11.1. The molecule has 2 aliphatic carbocycles. The molecule has 0 bridgehead atoms. The quantitative estimate of drug-likeness (QED) is 0.855. The van der Waals surface area contributed by atoms with Gasteiger partial charge in [0.05, 0.1) is 6.54 Å². The Morgan fingerprint density at radius 2 is 2.11 bits per heavy atom. The molecule has 1 aromatic rings. The first kappa shape index (κ1) is 13.1. The lowest BCUT2D eigenvalue weighted by Gasteiger charge is -2.32. The highest BCUT2D eigenvalue weighted by Crippen LogP contribution is 2.38. The fourth-order valence-electron chi connectivity index (χ4n) is 2.86. The number of ether oxygens (including phenoxy) is 1. The highest BCUT2D eigenvalue weighted by molar-refractivity contribution is 5.03. The molecule has 2 saturated carbocycles. The molecule has 0 amide bonds. The van der Waals surface area contributed by atoms with Crippen molar-refractivity contribution in [2.45, 2.75) is 57.1 Å². The van der Waals surface area contributed by atoms with Crippen molar-refractivity contribution in [2.75, 3.05) is 13.7 Å². The molecule has 0 spiro atoms. The molecule has 0 aromatic carbocycles. The first-order valence-electron chi connectivity index (χ1n) is 7.41. The molecule has 0 aliphatic heterocycles. The molecule has 1 aromatic heterocycles. The van der Waals surface area contributed by atoms with Gasteiger partial charge >= 0.3 is 0 Å². The van der Waals surface area contributed by atoms with Gasteiger partial charge in [-0.1, -0.05) is 24.4 Å². The van der Waals surface area contributed by atoms with Crippen LogP contribution in [0, 0.1) is 5.92 Å². The predicted octanol–water partition coefficient (Wildman–Crippen LogP) is 2.38. The maximum atomic E-state index is 5.73. The van der Waals surface area contributed by atoms with E-state index in [2.05, 4.69) is 15.5 Å². The fourth-order valence-corrected chi connectivity index (χ4v) is 2.86. The second kappa shape index (κ2) is 5.59. The van der Waals surface area contributed by atoms with Crippen molar-refractivity contribution in [3.05, 3.63) is 11.7 Å². The Bertz CT molecular complexity index is 409. The van der Waals surface area contributed by atoms with Gasteiger partial charge in [-0.3, -0.25) is 0 Å². The average molecular weight is 265 g/mol. The predicted molar refractivity (Wildman–Crippen MR) is 70.5 cm³/mol. The Morgan fingerprint density at radius 3 is 2.79 bits per heavy atom. The molecule has 0 radical (unpaired) electrons. The third-order valence-corrected chi connectivity index (χ3v) is 4.33. The van der Waals surface area contributed by atoms with Gasteiger partial charge in [-0.25, -0.2) is 0 Å². The van der Waals surface area contributed by atoms with E-state index in [-0.39, 0.29) is 5.60 Å². The normalized spacial score (nSPS) is 22.6. The molecule has 0 unspecified atom stereocenters. The largest absolute Gasteiger partial charge is 0.370 e. The minimum atomic E-state index is -0.309. The van der Waals surface area contributed by atoms with Gasteiger partial charge in [0.2, 0.25) is 11.7 Å². The van der Waals surface area contributed by atoms with Gasteiger partial charge in [0.15, 0.2) is 0 Å². The summed E-state index contributed by atoms with van der Waals surface area (Å²) in [6, 6.07) is 0. The maximum Gasteiger partial charge on any atom is 0.240 e. The Kier molecular flexibility index (Phi) is 3.84. The van der Waals surface area contributed by atoms with Gasteiger partial charge in [0, 0.05) is 7.11 Å². The van der Waals surface area contributed by atoms with E-state index in [0.717, 1.165) is 31.1 Å². The zero-order chi connectivity index (χ0) is 13.1. The monoisotopic (exact) mass is 265 g/mol. The molecule has 5 heteroatoms. The second-order valence-corrected chi connectivity index (χ2v) is 5.85. The molecule has 19 heavy (non-hydrogen) atoms. The van der Waals surface area contributed by atoms with Crippen LogP contribution in [-0.2, 0) is 16.9 Å². The lowest BCUT2D eigenvalue weighted by atomic mass is 9.84. The van der Waals surface area contributed by atoms with Crippen molar-refractivity contribution in [1.82, 2.24) is 15.5 Å². The Hall–Kier alpha value is -0.940. The third-order valence-electron chi connectivity index (χ3n) is 4.33. The van der Waals surface area contributed by atoms with Gasteiger partial charge in [-0.2, -0.15) is 4.98 Å². The van der Waals surface area contributed by atoms with Crippen LogP contribution >= 0.6 is 0 Å². The maximum absolute atomic E-state index is 5.73. The minimum Gasteiger partial charge on any atom is -0.370 e. The van der Waals surface area contributed by atoms with E-state index in [1.165, 1.54) is 32.1 Å². The summed E-state index contributed by atoms with van der Waals surface area (Å²) >= 11 is 0. The Balaban J connectivity index is 1.61. The van der Waals surface area contributed by atoms with Crippen molar-refractivity contribution in [1.29, 1.82) is 0 Å².